The summed E-state index contributed by atoms with van der Waals surface area (Å²) in [5.74, 6) is 6.97. The maximum absolute atomic E-state index is 5.31. The minimum atomic E-state index is 0.818. The van der Waals surface area contributed by atoms with E-state index >= 15 is 0 Å². The van der Waals surface area contributed by atoms with Gasteiger partial charge in [-0.25, -0.2) is 4.98 Å². The number of benzene rings is 1. The maximum Gasteiger partial charge on any atom is 0.126 e. The first-order valence-electron chi connectivity index (χ1n) is 5.27. The molecule has 1 heterocycles. The van der Waals surface area contributed by atoms with Crippen LogP contribution in [-0.4, -0.2) is 12.1 Å². The molecule has 0 amide bonds. The number of fused-ring (bicyclic) bond motifs is 1. The number of pyridine rings is 1. The normalized spacial score (nSPS) is 9.62. The fraction of sp³-hybridized carbons (Fsp3) is 0.214. The van der Waals surface area contributed by atoms with Crippen LogP contribution in [0.1, 0.15) is 19.0 Å². The molecule has 0 N–H and O–H groups in total. The van der Waals surface area contributed by atoms with Crippen molar-refractivity contribution in [2.24, 2.45) is 0 Å². The number of methoxy groups -OCH3 is 1. The largest absolute Gasteiger partial charge is 0.496 e. The predicted molar refractivity (Wildman–Crippen MR) is 65.5 cm³/mol. The Morgan fingerprint density at radius 1 is 1.25 bits per heavy atom. The van der Waals surface area contributed by atoms with E-state index in [-0.39, 0.29) is 0 Å². The molecule has 0 aliphatic rings. The number of aromatic nitrogens is 1. The molecule has 0 radical (unpaired) electrons. The molecule has 80 valence electrons. The van der Waals surface area contributed by atoms with E-state index in [1.807, 2.05) is 31.2 Å². The second kappa shape index (κ2) is 4.67. The van der Waals surface area contributed by atoms with Gasteiger partial charge in [0.1, 0.15) is 11.4 Å². The van der Waals surface area contributed by atoms with Crippen LogP contribution >= 0.6 is 0 Å². The molecule has 2 rings (SSSR count). The molecule has 0 aliphatic carbocycles. The standard InChI is InChI=1S/C14H13NO/c1-3-4-7-13-11-6-5-8-14(16-2)12(11)9-10-15-13/h5-6,8-10H,3H2,1-2H3. The lowest BCUT2D eigenvalue weighted by molar-refractivity contribution is 0.420. The highest BCUT2D eigenvalue weighted by Gasteiger charge is 2.03. The first-order valence-corrected chi connectivity index (χ1v) is 5.27. The lowest BCUT2D eigenvalue weighted by atomic mass is 10.1. The summed E-state index contributed by atoms with van der Waals surface area (Å²) in [7, 11) is 1.67. The third-order valence-corrected chi connectivity index (χ3v) is 2.37. The zero-order chi connectivity index (χ0) is 11.4. The van der Waals surface area contributed by atoms with Gasteiger partial charge in [0.2, 0.25) is 0 Å². The minimum absolute atomic E-state index is 0.818. The van der Waals surface area contributed by atoms with Gasteiger partial charge >= 0.3 is 0 Å². The van der Waals surface area contributed by atoms with Gasteiger partial charge < -0.3 is 4.74 Å². The highest BCUT2D eigenvalue weighted by atomic mass is 16.5. The van der Waals surface area contributed by atoms with Gasteiger partial charge in [-0.05, 0) is 18.1 Å². The molecule has 2 aromatic rings. The third kappa shape index (κ3) is 1.85. The van der Waals surface area contributed by atoms with Crippen molar-refractivity contribution in [2.75, 3.05) is 7.11 Å². The quantitative estimate of drug-likeness (QED) is 0.676. The topological polar surface area (TPSA) is 22.1 Å². The van der Waals surface area contributed by atoms with E-state index in [0.717, 1.165) is 28.6 Å². The van der Waals surface area contributed by atoms with Gasteiger partial charge in [-0.15, -0.1) is 0 Å². The van der Waals surface area contributed by atoms with Crippen molar-refractivity contribution in [3.8, 4) is 17.6 Å². The molecule has 1 aromatic heterocycles. The summed E-state index contributed by atoms with van der Waals surface area (Å²) in [4.78, 5) is 4.29. The van der Waals surface area contributed by atoms with Crippen LogP contribution < -0.4 is 4.74 Å². The van der Waals surface area contributed by atoms with Gasteiger partial charge in [0, 0.05) is 23.4 Å². The Morgan fingerprint density at radius 3 is 2.88 bits per heavy atom. The van der Waals surface area contributed by atoms with Crippen molar-refractivity contribution >= 4 is 10.8 Å². The summed E-state index contributed by atoms with van der Waals surface area (Å²) in [5, 5.41) is 2.10. The molecule has 2 heteroatoms. The molecular formula is C14H13NO. The van der Waals surface area contributed by atoms with Crippen molar-refractivity contribution < 1.29 is 4.74 Å². The molecule has 1 aromatic carbocycles. The summed E-state index contributed by atoms with van der Waals surface area (Å²) in [5.41, 5.74) is 0.818. The van der Waals surface area contributed by atoms with Crippen molar-refractivity contribution in [3.05, 3.63) is 36.2 Å². The zero-order valence-electron chi connectivity index (χ0n) is 9.45. The summed E-state index contributed by atoms with van der Waals surface area (Å²) in [6, 6.07) is 7.87. The van der Waals surface area contributed by atoms with Crippen LogP contribution in [0.15, 0.2) is 30.5 Å². The van der Waals surface area contributed by atoms with Crippen molar-refractivity contribution in [2.45, 2.75) is 13.3 Å². The van der Waals surface area contributed by atoms with E-state index in [1.54, 1.807) is 13.3 Å². The predicted octanol–water partition coefficient (Wildman–Crippen LogP) is 3.00. The smallest absolute Gasteiger partial charge is 0.126 e. The highest BCUT2D eigenvalue weighted by Crippen LogP contribution is 2.26. The monoisotopic (exact) mass is 211 g/mol. The fourth-order valence-corrected chi connectivity index (χ4v) is 1.63. The molecule has 0 aliphatic heterocycles. The summed E-state index contributed by atoms with van der Waals surface area (Å²) < 4.78 is 5.31. The number of nitrogens with zero attached hydrogens (tertiary/aromatic N) is 1. The summed E-state index contributed by atoms with van der Waals surface area (Å²) >= 11 is 0. The van der Waals surface area contributed by atoms with Crippen molar-refractivity contribution in [1.82, 2.24) is 4.98 Å². The summed E-state index contributed by atoms with van der Waals surface area (Å²) in [6.07, 6.45) is 2.60. The van der Waals surface area contributed by atoms with Gasteiger partial charge in [0.05, 0.1) is 7.11 Å². The molecule has 0 saturated carbocycles. The lowest BCUT2D eigenvalue weighted by Crippen LogP contribution is -1.89. The molecule has 0 unspecified atom stereocenters. The molecule has 0 atom stereocenters. The van der Waals surface area contributed by atoms with E-state index in [4.69, 9.17) is 4.74 Å². The Bertz CT molecular complexity index is 564. The molecule has 2 nitrogen and oxygen atoms in total. The number of ether oxygens (including phenoxy) is 1. The van der Waals surface area contributed by atoms with Crippen LogP contribution in [0.2, 0.25) is 0 Å². The van der Waals surface area contributed by atoms with Crippen molar-refractivity contribution in [3.63, 3.8) is 0 Å². The van der Waals surface area contributed by atoms with Gasteiger partial charge in [-0.3, -0.25) is 0 Å². The van der Waals surface area contributed by atoms with Gasteiger partial charge in [0.15, 0.2) is 0 Å². The average molecular weight is 211 g/mol. The molecule has 0 bridgehead atoms. The second-order valence-corrected chi connectivity index (χ2v) is 3.37. The Balaban J connectivity index is 2.69. The van der Waals surface area contributed by atoms with Crippen LogP contribution in [0.4, 0.5) is 0 Å². The molecule has 0 fully saturated rings. The van der Waals surface area contributed by atoms with E-state index < -0.39 is 0 Å². The van der Waals surface area contributed by atoms with Gasteiger partial charge in [-0.2, -0.15) is 0 Å². The fourth-order valence-electron chi connectivity index (χ4n) is 1.63. The van der Waals surface area contributed by atoms with Crippen LogP contribution in [0, 0.1) is 11.8 Å². The maximum atomic E-state index is 5.31. The van der Waals surface area contributed by atoms with Crippen LogP contribution in [0.3, 0.4) is 0 Å². The average Bonchev–Trinajstić information content (AvgIpc) is 2.35. The van der Waals surface area contributed by atoms with Crippen LogP contribution in [0.5, 0.6) is 5.75 Å². The molecule has 0 saturated heterocycles. The van der Waals surface area contributed by atoms with Crippen molar-refractivity contribution in [1.29, 1.82) is 0 Å². The second-order valence-electron chi connectivity index (χ2n) is 3.37. The Hall–Kier alpha value is -2.01. The Kier molecular flexibility index (Phi) is 3.07. The summed E-state index contributed by atoms with van der Waals surface area (Å²) in [6.45, 7) is 2.03. The molecule has 0 spiro atoms. The van der Waals surface area contributed by atoms with Crippen LogP contribution in [0.25, 0.3) is 10.8 Å². The van der Waals surface area contributed by atoms with Gasteiger partial charge in [0.25, 0.3) is 0 Å². The lowest BCUT2D eigenvalue weighted by Gasteiger charge is -2.05. The van der Waals surface area contributed by atoms with E-state index in [0.29, 0.717) is 0 Å². The third-order valence-electron chi connectivity index (χ3n) is 2.37. The van der Waals surface area contributed by atoms with E-state index in [1.165, 1.54) is 0 Å². The van der Waals surface area contributed by atoms with E-state index in [9.17, 15) is 0 Å². The van der Waals surface area contributed by atoms with Gasteiger partial charge in [-0.1, -0.05) is 25.0 Å². The Labute approximate surface area is 95.3 Å². The highest BCUT2D eigenvalue weighted by molar-refractivity contribution is 5.91. The minimum Gasteiger partial charge on any atom is -0.496 e. The first-order chi connectivity index (χ1) is 7.86. The zero-order valence-corrected chi connectivity index (χ0v) is 9.45. The van der Waals surface area contributed by atoms with Crippen LogP contribution in [-0.2, 0) is 0 Å². The number of hydrogen-bond donors (Lipinski definition) is 0. The van der Waals surface area contributed by atoms with E-state index in [2.05, 4.69) is 16.8 Å². The number of rotatable bonds is 1. The number of hydrogen-bond acceptors (Lipinski definition) is 2. The molecular weight excluding hydrogens is 198 g/mol. The first kappa shape index (κ1) is 10.5. The Morgan fingerprint density at radius 2 is 2.12 bits per heavy atom. The SMILES string of the molecule is CCC#Cc1nccc2c(OC)cccc12. The molecule has 16 heavy (non-hydrogen) atoms.